The van der Waals surface area contributed by atoms with E-state index in [9.17, 15) is 8.78 Å². The smallest absolute Gasteiger partial charge is 0.264 e. The molecule has 0 aliphatic carbocycles. The van der Waals surface area contributed by atoms with Crippen molar-refractivity contribution < 1.29 is 13.5 Å². The van der Waals surface area contributed by atoms with Gasteiger partial charge < -0.3 is 4.74 Å². The van der Waals surface area contributed by atoms with Crippen molar-refractivity contribution in [2.75, 3.05) is 7.11 Å². The summed E-state index contributed by atoms with van der Waals surface area (Å²) in [6.45, 7) is 0. The first-order chi connectivity index (χ1) is 11.2. The summed E-state index contributed by atoms with van der Waals surface area (Å²) in [6.07, 6.45) is 0.661. The zero-order valence-electron chi connectivity index (χ0n) is 12.5. The molecule has 0 saturated carbocycles. The number of halogens is 2. The zero-order chi connectivity index (χ0) is 16.2. The molecule has 116 valence electrons. The van der Waals surface area contributed by atoms with E-state index in [0.29, 0.717) is 11.1 Å². The molecule has 4 heteroatoms. The number of rotatable bonds is 4. The maximum atomic E-state index is 13.5. The molecule has 2 nitrogen and oxygen atoms in total. The molecule has 0 aliphatic heterocycles. The minimum Gasteiger partial charge on any atom is -0.497 e. The largest absolute Gasteiger partial charge is 0.497 e. The highest BCUT2D eigenvalue weighted by atomic mass is 19.3. The minimum absolute atomic E-state index is 0.00585. The number of methoxy groups -OCH3 is 1. The molecule has 1 aromatic heterocycles. The molecule has 2 aromatic carbocycles. The second-order valence-electron chi connectivity index (χ2n) is 5.07. The third-order valence-electron chi connectivity index (χ3n) is 3.68. The van der Waals surface area contributed by atoms with E-state index < -0.39 is 6.43 Å². The first-order valence-corrected chi connectivity index (χ1v) is 7.16. The number of ether oxygens (including phenoxy) is 1. The summed E-state index contributed by atoms with van der Waals surface area (Å²) in [7, 11) is 1.59. The molecular formula is C19H15F2NO. The maximum absolute atomic E-state index is 13.5. The van der Waals surface area contributed by atoms with Gasteiger partial charge >= 0.3 is 0 Å². The van der Waals surface area contributed by atoms with Crippen LogP contribution in [0.1, 0.15) is 12.0 Å². The van der Waals surface area contributed by atoms with Crippen LogP contribution in [0.2, 0.25) is 0 Å². The van der Waals surface area contributed by atoms with Crippen LogP contribution in [-0.4, -0.2) is 12.1 Å². The van der Waals surface area contributed by atoms with E-state index in [1.54, 1.807) is 37.7 Å². The van der Waals surface area contributed by atoms with Gasteiger partial charge in [0.1, 0.15) is 5.75 Å². The van der Waals surface area contributed by atoms with Gasteiger partial charge in [0.25, 0.3) is 6.43 Å². The second-order valence-corrected chi connectivity index (χ2v) is 5.07. The van der Waals surface area contributed by atoms with E-state index in [0.717, 1.165) is 16.9 Å². The fourth-order valence-corrected chi connectivity index (χ4v) is 2.49. The van der Waals surface area contributed by atoms with Crippen LogP contribution in [0.4, 0.5) is 8.78 Å². The second kappa shape index (κ2) is 6.57. The Hall–Kier alpha value is -2.75. The summed E-state index contributed by atoms with van der Waals surface area (Å²) in [5.74, 6) is 0.731. The number of nitrogens with zero attached hydrogens (tertiary/aromatic N) is 1. The molecule has 0 radical (unpaired) electrons. The van der Waals surface area contributed by atoms with Crippen LogP contribution in [-0.2, 0) is 0 Å². The maximum Gasteiger partial charge on any atom is 0.264 e. The van der Waals surface area contributed by atoms with E-state index in [1.807, 2.05) is 30.3 Å². The topological polar surface area (TPSA) is 22.1 Å². The Morgan fingerprint density at radius 1 is 0.913 bits per heavy atom. The normalized spacial score (nSPS) is 10.8. The first-order valence-electron chi connectivity index (χ1n) is 7.16. The van der Waals surface area contributed by atoms with Gasteiger partial charge in [-0.15, -0.1) is 0 Å². The van der Waals surface area contributed by atoms with Crippen molar-refractivity contribution in [3.8, 4) is 28.0 Å². The average Bonchev–Trinajstić information content (AvgIpc) is 2.62. The highest BCUT2D eigenvalue weighted by Crippen LogP contribution is 2.34. The summed E-state index contributed by atoms with van der Waals surface area (Å²) in [5.41, 5.74) is 2.81. The number of alkyl halides is 2. The summed E-state index contributed by atoms with van der Waals surface area (Å²) in [5, 5.41) is 0. The van der Waals surface area contributed by atoms with Crippen molar-refractivity contribution >= 4 is 0 Å². The third kappa shape index (κ3) is 3.21. The van der Waals surface area contributed by atoms with Crippen molar-refractivity contribution in [3.63, 3.8) is 0 Å². The molecule has 0 fully saturated rings. The Morgan fingerprint density at radius 3 is 2.26 bits per heavy atom. The number of aromatic nitrogens is 1. The summed E-state index contributed by atoms with van der Waals surface area (Å²) < 4.78 is 32.1. The Morgan fingerprint density at radius 2 is 1.65 bits per heavy atom. The van der Waals surface area contributed by atoms with Crippen LogP contribution in [0, 0.1) is 0 Å². The fraction of sp³-hybridized carbons (Fsp3) is 0.105. The molecule has 0 aliphatic rings. The van der Waals surface area contributed by atoms with Crippen molar-refractivity contribution in [1.29, 1.82) is 0 Å². The molecule has 0 spiro atoms. The molecule has 0 amide bonds. The first kappa shape index (κ1) is 15.2. The van der Waals surface area contributed by atoms with E-state index in [-0.39, 0.29) is 5.56 Å². The molecule has 23 heavy (non-hydrogen) atoms. The van der Waals surface area contributed by atoms with Gasteiger partial charge in [0.05, 0.1) is 7.11 Å². The van der Waals surface area contributed by atoms with Crippen LogP contribution in [0.5, 0.6) is 5.75 Å². The Kier molecular flexibility index (Phi) is 4.33. The molecule has 0 bridgehead atoms. The number of hydrogen-bond donors (Lipinski definition) is 0. The van der Waals surface area contributed by atoms with Crippen molar-refractivity contribution in [2.45, 2.75) is 6.43 Å². The van der Waals surface area contributed by atoms with Crippen LogP contribution >= 0.6 is 0 Å². The van der Waals surface area contributed by atoms with Gasteiger partial charge in [-0.05, 0) is 41.0 Å². The van der Waals surface area contributed by atoms with Crippen LogP contribution in [0.25, 0.3) is 22.3 Å². The minimum atomic E-state index is -2.55. The van der Waals surface area contributed by atoms with Crippen LogP contribution in [0.15, 0.2) is 67.0 Å². The quantitative estimate of drug-likeness (QED) is 0.647. The lowest BCUT2D eigenvalue weighted by molar-refractivity contribution is 0.152. The van der Waals surface area contributed by atoms with Gasteiger partial charge in [-0.1, -0.05) is 30.3 Å². The third-order valence-corrected chi connectivity index (χ3v) is 3.68. The lowest BCUT2D eigenvalue weighted by Gasteiger charge is -2.12. The van der Waals surface area contributed by atoms with Gasteiger partial charge in [0.15, 0.2) is 0 Å². The predicted molar refractivity (Wildman–Crippen MR) is 86.6 cm³/mol. The Bertz CT molecular complexity index is 786. The molecule has 0 N–H and O–H groups in total. The number of pyridine rings is 1. The highest BCUT2D eigenvalue weighted by Gasteiger charge is 2.15. The summed E-state index contributed by atoms with van der Waals surface area (Å²) in [6, 6.07) is 15.9. The lowest BCUT2D eigenvalue weighted by Crippen LogP contribution is -1.92. The van der Waals surface area contributed by atoms with Gasteiger partial charge in [-0.25, -0.2) is 8.78 Å². The van der Waals surface area contributed by atoms with Crippen LogP contribution in [0.3, 0.4) is 0 Å². The lowest BCUT2D eigenvalue weighted by atomic mass is 9.96. The zero-order valence-corrected chi connectivity index (χ0v) is 12.5. The number of hydrogen-bond acceptors (Lipinski definition) is 2. The number of benzene rings is 2. The molecule has 0 saturated heterocycles. The van der Waals surface area contributed by atoms with Crippen molar-refractivity contribution in [3.05, 3.63) is 72.6 Å². The van der Waals surface area contributed by atoms with Crippen molar-refractivity contribution in [1.82, 2.24) is 4.98 Å². The van der Waals surface area contributed by atoms with E-state index in [4.69, 9.17) is 4.74 Å². The summed E-state index contributed by atoms with van der Waals surface area (Å²) in [4.78, 5) is 4.00. The molecular weight excluding hydrogens is 296 g/mol. The monoisotopic (exact) mass is 311 g/mol. The van der Waals surface area contributed by atoms with Crippen LogP contribution < -0.4 is 4.74 Å². The van der Waals surface area contributed by atoms with E-state index in [2.05, 4.69) is 4.98 Å². The van der Waals surface area contributed by atoms with Gasteiger partial charge in [0.2, 0.25) is 0 Å². The predicted octanol–water partition coefficient (Wildman–Crippen LogP) is 5.36. The highest BCUT2D eigenvalue weighted by molar-refractivity contribution is 5.73. The molecule has 3 aromatic rings. The standard InChI is InChI=1S/C19H15F2NO/c1-23-16-7-4-13(5-8-16)14-6-9-17(18(11-14)19(20)21)15-3-2-10-22-12-15/h2-12,19H,1H3. The Balaban J connectivity index is 2.05. The van der Waals surface area contributed by atoms with E-state index in [1.165, 1.54) is 6.07 Å². The Labute approximate surface area is 133 Å². The van der Waals surface area contributed by atoms with Gasteiger partial charge in [0, 0.05) is 23.5 Å². The fourth-order valence-electron chi connectivity index (χ4n) is 2.49. The average molecular weight is 311 g/mol. The molecule has 3 rings (SSSR count). The summed E-state index contributed by atoms with van der Waals surface area (Å²) >= 11 is 0. The SMILES string of the molecule is COc1ccc(-c2ccc(-c3cccnc3)c(C(F)F)c2)cc1. The molecule has 1 heterocycles. The van der Waals surface area contributed by atoms with Crippen molar-refractivity contribution in [2.24, 2.45) is 0 Å². The molecule has 0 unspecified atom stereocenters. The molecule has 0 atom stereocenters. The van der Waals surface area contributed by atoms with E-state index >= 15 is 0 Å². The van der Waals surface area contributed by atoms with Gasteiger partial charge in [-0.2, -0.15) is 0 Å². The van der Waals surface area contributed by atoms with Gasteiger partial charge in [-0.3, -0.25) is 4.98 Å².